The summed E-state index contributed by atoms with van der Waals surface area (Å²) in [6.07, 6.45) is 1.53. The highest BCUT2D eigenvalue weighted by molar-refractivity contribution is 7.16. The zero-order chi connectivity index (χ0) is 9.59. The first kappa shape index (κ1) is 8.18. The first-order valence-electron chi connectivity index (χ1n) is 3.63. The van der Waals surface area contributed by atoms with Gasteiger partial charge in [-0.25, -0.2) is 4.68 Å². The van der Waals surface area contributed by atoms with Gasteiger partial charge in [-0.1, -0.05) is 11.3 Å². The molecule has 2 aromatic rings. The molecular weight excluding hydrogens is 190 g/mol. The van der Waals surface area contributed by atoms with E-state index in [1.165, 1.54) is 15.4 Å². The molecule has 13 heavy (non-hydrogen) atoms. The van der Waals surface area contributed by atoms with Gasteiger partial charge < -0.3 is 0 Å². The van der Waals surface area contributed by atoms with Crippen molar-refractivity contribution < 1.29 is 0 Å². The van der Waals surface area contributed by atoms with Crippen LogP contribution in [0.3, 0.4) is 0 Å². The molecule has 0 atom stereocenters. The standard InChI is InChI=1S/C7H7N3O2S/c1-9-5-4(13-7(9)12)3-8-10(2)6(5)11/h3H,1-2H3. The second-order valence-corrected chi connectivity index (χ2v) is 3.71. The van der Waals surface area contributed by atoms with Gasteiger partial charge in [0.1, 0.15) is 5.52 Å². The molecule has 6 heteroatoms. The maximum atomic E-state index is 11.5. The Balaban J connectivity index is 3.15. The van der Waals surface area contributed by atoms with Gasteiger partial charge in [0.25, 0.3) is 5.56 Å². The molecule has 5 nitrogen and oxygen atoms in total. The van der Waals surface area contributed by atoms with Crippen LogP contribution in [0, 0.1) is 0 Å². The quantitative estimate of drug-likeness (QED) is 0.582. The predicted molar refractivity (Wildman–Crippen MR) is 50.1 cm³/mol. The lowest BCUT2D eigenvalue weighted by Crippen LogP contribution is -2.22. The molecule has 0 fully saturated rings. The Morgan fingerprint density at radius 2 is 2.08 bits per heavy atom. The number of aryl methyl sites for hydroxylation is 2. The van der Waals surface area contributed by atoms with E-state index in [1.54, 1.807) is 14.1 Å². The van der Waals surface area contributed by atoms with Crippen LogP contribution in [-0.2, 0) is 14.1 Å². The van der Waals surface area contributed by atoms with E-state index < -0.39 is 0 Å². The van der Waals surface area contributed by atoms with Crippen LogP contribution in [0.2, 0.25) is 0 Å². The van der Waals surface area contributed by atoms with Crippen molar-refractivity contribution in [3.63, 3.8) is 0 Å². The van der Waals surface area contributed by atoms with E-state index in [0.29, 0.717) is 10.2 Å². The van der Waals surface area contributed by atoms with Crippen LogP contribution in [0.1, 0.15) is 0 Å². The van der Waals surface area contributed by atoms with Crippen LogP contribution in [0.4, 0.5) is 0 Å². The largest absolute Gasteiger partial charge is 0.308 e. The second-order valence-electron chi connectivity index (χ2n) is 2.71. The summed E-state index contributed by atoms with van der Waals surface area (Å²) in [5.74, 6) is 0. The highest BCUT2D eigenvalue weighted by Gasteiger charge is 2.08. The highest BCUT2D eigenvalue weighted by Crippen LogP contribution is 2.09. The van der Waals surface area contributed by atoms with Gasteiger partial charge >= 0.3 is 4.87 Å². The fourth-order valence-electron chi connectivity index (χ4n) is 1.15. The van der Waals surface area contributed by atoms with Gasteiger partial charge in [-0.15, -0.1) is 0 Å². The molecule has 2 rings (SSSR count). The average molecular weight is 197 g/mol. The van der Waals surface area contributed by atoms with E-state index in [1.807, 2.05) is 0 Å². The smallest absolute Gasteiger partial charge is 0.297 e. The Morgan fingerprint density at radius 1 is 1.38 bits per heavy atom. The second kappa shape index (κ2) is 2.53. The number of fused-ring (bicyclic) bond motifs is 1. The summed E-state index contributed by atoms with van der Waals surface area (Å²) in [5.41, 5.74) is 0.186. The molecule has 2 aromatic heterocycles. The van der Waals surface area contributed by atoms with Crippen LogP contribution >= 0.6 is 11.3 Å². The van der Waals surface area contributed by atoms with E-state index in [-0.39, 0.29) is 10.4 Å². The molecule has 0 aliphatic heterocycles. The van der Waals surface area contributed by atoms with Crippen LogP contribution in [-0.4, -0.2) is 14.3 Å². The van der Waals surface area contributed by atoms with E-state index in [0.717, 1.165) is 11.3 Å². The summed E-state index contributed by atoms with van der Waals surface area (Å²) in [5, 5.41) is 3.82. The van der Waals surface area contributed by atoms with Crippen molar-refractivity contribution >= 4 is 21.6 Å². The minimum absolute atomic E-state index is 0.139. The monoisotopic (exact) mass is 197 g/mol. The molecule has 0 saturated heterocycles. The lowest BCUT2D eigenvalue weighted by Gasteiger charge is -1.95. The normalized spacial score (nSPS) is 10.9. The third-order valence-corrected chi connectivity index (χ3v) is 2.85. The Labute approximate surface area is 76.9 Å². The fraction of sp³-hybridized carbons (Fsp3) is 0.286. The molecule has 0 unspecified atom stereocenters. The lowest BCUT2D eigenvalue weighted by atomic mass is 10.5. The van der Waals surface area contributed by atoms with Crippen LogP contribution in [0.25, 0.3) is 10.2 Å². The Bertz CT molecular complexity index is 577. The van der Waals surface area contributed by atoms with Crippen molar-refractivity contribution in [2.24, 2.45) is 14.1 Å². The van der Waals surface area contributed by atoms with Gasteiger partial charge in [0.15, 0.2) is 0 Å². The molecule has 0 amide bonds. The molecule has 0 radical (unpaired) electrons. The number of hydrogen-bond acceptors (Lipinski definition) is 4. The Kier molecular flexibility index (Phi) is 1.59. The molecule has 0 spiro atoms. The molecule has 2 heterocycles. The maximum absolute atomic E-state index is 11.5. The summed E-state index contributed by atoms with van der Waals surface area (Å²) in [7, 11) is 3.15. The average Bonchev–Trinajstić information content (AvgIpc) is 2.37. The molecule has 68 valence electrons. The molecule has 0 aromatic carbocycles. The van der Waals surface area contributed by atoms with Crippen LogP contribution in [0.5, 0.6) is 0 Å². The first-order valence-corrected chi connectivity index (χ1v) is 4.45. The summed E-state index contributed by atoms with van der Waals surface area (Å²) in [4.78, 5) is 22.6. The fourth-order valence-corrected chi connectivity index (χ4v) is 1.99. The highest BCUT2D eigenvalue weighted by atomic mass is 32.1. The van der Waals surface area contributed by atoms with Gasteiger partial charge in [0, 0.05) is 14.1 Å². The minimum Gasteiger partial charge on any atom is -0.297 e. The van der Waals surface area contributed by atoms with Crippen LogP contribution < -0.4 is 10.4 Å². The number of nitrogens with zero attached hydrogens (tertiary/aromatic N) is 3. The minimum atomic E-state index is -0.238. The number of thiazole rings is 1. The van der Waals surface area contributed by atoms with Crippen molar-refractivity contribution in [3.8, 4) is 0 Å². The third-order valence-electron chi connectivity index (χ3n) is 1.88. The molecule has 0 bridgehead atoms. The number of hydrogen-bond donors (Lipinski definition) is 0. The Morgan fingerprint density at radius 3 is 2.77 bits per heavy atom. The number of aromatic nitrogens is 3. The zero-order valence-corrected chi connectivity index (χ0v) is 7.96. The van der Waals surface area contributed by atoms with Crippen LogP contribution in [0.15, 0.2) is 15.8 Å². The molecule has 0 saturated carbocycles. The van der Waals surface area contributed by atoms with E-state index in [2.05, 4.69) is 5.10 Å². The van der Waals surface area contributed by atoms with Crippen molar-refractivity contribution in [2.45, 2.75) is 0 Å². The first-order chi connectivity index (χ1) is 6.11. The summed E-state index contributed by atoms with van der Waals surface area (Å²) >= 11 is 1.03. The molecule has 0 aliphatic rings. The van der Waals surface area contributed by atoms with E-state index in [4.69, 9.17) is 0 Å². The predicted octanol–water partition coefficient (Wildman–Crippen LogP) is -0.306. The Hall–Kier alpha value is -1.43. The maximum Gasteiger partial charge on any atom is 0.308 e. The summed E-state index contributed by atoms with van der Waals surface area (Å²) < 4.78 is 3.20. The van der Waals surface area contributed by atoms with Crippen molar-refractivity contribution in [1.82, 2.24) is 14.3 Å². The van der Waals surface area contributed by atoms with Gasteiger partial charge in [-0.3, -0.25) is 14.2 Å². The molecule has 0 aliphatic carbocycles. The zero-order valence-electron chi connectivity index (χ0n) is 7.14. The van der Waals surface area contributed by atoms with Gasteiger partial charge in [0.2, 0.25) is 0 Å². The van der Waals surface area contributed by atoms with Crippen molar-refractivity contribution in [2.75, 3.05) is 0 Å². The van der Waals surface area contributed by atoms with Gasteiger partial charge in [-0.05, 0) is 0 Å². The third kappa shape index (κ3) is 1.02. The SMILES string of the molecule is Cn1ncc2sc(=O)n(C)c2c1=O. The lowest BCUT2D eigenvalue weighted by molar-refractivity contribution is 0.711. The van der Waals surface area contributed by atoms with E-state index >= 15 is 0 Å². The van der Waals surface area contributed by atoms with Gasteiger partial charge in [0.05, 0.1) is 10.9 Å². The molecule has 0 N–H and O–H groups in total. The van der Waals surface area contributed by atoms with Crippen molar-refractivity contribution in [1.29, 1.82) is 0 Å². The van der Waals surface area contributed by atoms with Crippen molar-refractivity contribution in [3.05, 3.63) is 26.2 Å². The summed E-state index contributed by atoms with van der Waals surface area (Å²) in [6.45, 7) is 0. The topological polar surface area (TPSA) is 56.9 Å². The van der Waals surface area contributed by atoms with Gasteiger partial charge in [-0.2, -0.15) is 5.10 Å². The van der Waals surface area contributed by atoms with E-state index in [9.17, 15) is 9.59 Å². The summed E-state index contributed by atoms with van der Waals surface area (Å²) in [6, 6.07) is 0. The molecular formula is C7H7N3O2S. The number of rotatable bonds is 0.